The van der Waals surface area contributed by atoms with Crippen LogP contribution in [0, 0.1) is 0 Å². The molecular weight excluding hydrogens is 169 g/mol. The number of phenolic OH excluding ortho intramolecular Hbond substituents is 1. The Hall–Kier alpha value is -1.46. The smallest absolute Gasteiger partial charge is 0.492 e. The Labute approximate surface area is 74.6 Å². The van der Waals surface area contributed by atoms with Crippen LogP contribution in [0.1, 0.15) is 0 Å². The van der Waals surface area contributed by atoms with Gasteiger partial charge in [0.05, 0.1) is 0 Å². The Bertz CT molecular complexity index is 438. The van der Waals surface area contributed by atoms with E-state index < -0.39 is 7.12 Å². The fourth-order valence-corrected chi connectivity index (χ4v) is 1.31. The van der Waals surface area contributed by atoms with E-state index in [1.807, 2.05) is 0 Å². The van der Waals surface area contributed by atoms with Crippen molar-refractivity contribution in [1.29, 1.82) is 0 Å². The van der Waals surface area contributed by atoms with E-state index >= 15 is 0 Å². The first kappa shape index (κ1) is 8.16. The number of benzene rings is 1. The highest BCUT2D eigenvalue weighted by molar-refractivity contribution is 6.60. The van der Waals surface area contributed by atoms with Crippen molar-refractivity contribution in [2.75, 3.05) is 0 Å². The van der Waals surface area contributed by atoms with Gasteiger partial charge in [0.2, 0.25) is 0 Å². The first-order chi connectivity index (χ1) is 6.18. The Morgan fingerprint density at radius 1 is 1.23 bits per heavy atom. The van der Waals surface area contributed by atoms with Crippen LogP contribution in [-0.4, -0.2) is 27.3 Å². The lowest BCUT2D eigenvalue weighted by Gasteiger charge is -2.02. The van der Waals surface area contributed by atoms with Crippen molar-refractivity contribution in [1.82, 2.24) is 4.98 Å². The van der Waals surface area contributed by atoms with Crippen molar-refractivity contribution >= 4 is 23.5 Å². The third-order valence-corrected chi connectivity index (χ3v) is 1.98. The lowest BCUT2D eigenvalue weighted by molar-refractivity contribution is 0.420. The maximum Gasteiger partial charge on any atom is 0.492 e. The summed E-state index contributed by atoms with van der Waals surface area (Å²) in [7, 11) is -1.64. The molecule has 0 unspecified atom stereocenters. The average Bonchev–Trinajstić information content (AvgIpc) is 2.48. The third-order valence-electron chi connectivity index (χ3n) is 1.98. The van der Waals surface area contributed by atoms with Crippen molar-refractivity contribution in [2.24, 2.45) is 0 Å². The molecule has 0 saturated heterocycles. The highest BCUT2D eigenvalue weighted by Gasteiger charge is 2.16. The van der Waals surface area contributed by atoms with Crippen LogP contribution in [-0.2, 0) is 0 Å². The van der Waals surface area contributed by atoms with Crippen molar-refractivity contribution in [3.05, 3.63) is 24.4 Å². The summed E-state index contributed by atoms with van der Waals surface area (Å²) in [5.41, 5.74) is 0.883. The Balaban J connectivity index is 2.69. The summed E-state index contributed by atoms with van der Waals surface area (Å²) in [6.45, 7) is 0. The molecule has 0 aliphatic rings. The van der Waals surface area contributed by atoms with Crippen LogP contribution in [0.15, 0.2) is 24.4 Å². The van der Waals surface area contributed by atoms with E-state index in [9.17, 15) is 5.11 Å². The van der Waals surface area contributed by atoms with Gasteiger partial charge in [-0.25, -0.2) is 0 Å². The van der Waals surface area contributed by atoms with Crippen LogP contribution in [0.3, 0.4) is 0 Å². The van der Waals surface area contributed by atoms with Crippen LogP contribution >= 0.6 is 0 Å². The van der Waals surface area contributed by atoms with Crippen molar-refractivity contribution in [2.45, 2.75) is 0 Å². The lowest BCUT2D eigenvalue weighted by atomic mass is 9.79. The molecule has 0 aliphatic carbocycles. The van der Waals surface area contributed by atoms with E-state index in [-0.39, 0.29) is 11.2 Å². The molecule has 0 bridgehead atoms. The topological polar surface area (TPSA) is 76.5 Å². The number of phenols is 1. The molecule has 5 heteroatoms. The predicted octanol–water partition coefficient (Wildman–Crippen LogP) is -0.447. The predicted molar refractivity (Wildman–Crippen MR) is 49.8 cm³/mol. The normalized spacial score (nSPS) is 10.6. The van der Waals surface area contributed by atoms with Gasteiger partial charge >= 0.3 is 7.12 Å². The van der Waals surface area contributed by atoms with E-state index in [4.69, 9.17) is 10.0 Å². The number of hydrogen-bond acceptors (Lipinski definition) is 3. The minimum absolute atomic E-state index is 0.118. The van der Waals surface area contributed by atoms with E-state index in [1.54, 1.807) is 12.3 Å². The van der Waals surface area contributed by atoms with Gasteiger partial charge in [-0.15, -0.1) is 0 Å². The molecule has 13 heavy (non-hydrogen) atoms. The van der Waals surface area contributed by atoms with E-state index in [0.29, 0.717) is 0 Å². The van der Waals surface area contributed by atoms with E-state index in [2.05, 4.69) is 4.98 Å². The summed E-state index contributed by atoms with van der Waals surface area (Å²) in [5, 5.41) is 28.0. The SMILES string of the molecule is OB(O)c1cc2cc[nH]c2cc1O. The van der Waals surface area contributed by atoms with Gasteiger partial charge in [-0.1, -0.05) is 0 Å². The average molecular weight is 177 g/mol. The summed E-state index contributed by atoms with van der Waals surface area (Å²) in [6, 6.07) is 4.79. The summed E-state index contributed by atoms with van der Waals surface area (Å²) in [6.07, 6.45) is 1.72. The largest absolute Gasteiger partial charge is 0.508 e. The van der Waals surface area contributed by atoms with Crippen LogP contribution in [0.5, 0.6) is 5.75 Å². The molecule has 4 N–H and O–H groups in total. The molecule has 0 radical (unpaired) electrons. The van der Waals surface area contributed by atoms with Crippen LogP contribution < -0.4 is 5.46 Å². The molecule has 1 aromatic carbocycles. The molecule has 0 amide bonds. The fraction of sp³-hybridized carbons (Fsp3) is 0. The summed E-state index contributed by atoms with van der Waals surface area (Å²) in [5.74, 6) is -0.120. The van der Waals surface area contributed by atoms with Gasteiger partial charge in [0.1, 0.15) is 5.75 Å². The minimum Gasteiger partial charge on any atom is -0.508 e. The minimum atomic E-state index is -1.64. The zero-order valence-corrected chi connectivity index (χ0v) is 6.73. The second-order valence-electron chi connectivity index (χ2n) is 2.85. The van der Waals surface area contributed by atoms with Gasteiger partial charge in [-0.2, -0.15) is 0 Å². The summed E-state index contributed by atoms with van der Waals surface area (Å²) >= 11 is 0. The highest BCUT2D eigenvalue weighted by atomic mass is 16.4. The Morgan fingerprint density at radius 3 is 2.69 bits per heavy atom. The zero-order chi connectivity index (χ0) is 9.42. The molecule has 4 nitrogen and oxygen atoms in total. The first-order valence-electron chi connectivity index (χ1n) is 3.84. The van der Waals surface area contributed by atoms with Crippen molar-refractivity contribution < 1.29 is 15.2 Å². The van der Waals surface area contributed by atoms with Gasteiger partial charge in [-0.3, -0.25) is 0 Å². The monoisotopic (exact) mass is 177 g/mol. The van der Waals surface area contributed by atoms with Crippen LogP contribution in [0.2, 0.25) is 0 Å². The number of aromatic nitrogens is 1. The van der Waals surface area contributed by atoms with Crippen LogP contribution in [0.25, 0.3) is 10.9 Å². The summed E-state index contributed by atoms with van der Waals surface area (Å²) in [4.78, 5) is 2.90. The third kappa shape index (κ3) is 1.28. The van der Waals surface area contributed by atoms with Crippen LogP contribution in [0.4, 0.5) is 0 Å². The van der Waals surface area contributed by atoms with E-state index in [1.165, 1.54) is 12.1 Å². The molecule has 0 aliphatic heterocycles. The number of hydrogen-bond donors (Lipinski definition) is 4. The fourth-order valence-electron chi connectivity index (χ4n) is 1.31. The molecule has 2 rings (SSSR count). The maximum absolute atomic E-state index is 9.36. The second kappa shape index (κ2) is 2.79. The van der Waals surface area contributed by atoms with Gasteiger partial charge in [0, 0.05) is 23.2 Å². The maximum atomic E-state index is 9.36. The highest BCUT2D eigenvalue weighted by Crippen LogP contribution is 2.16. The molecule has 0 spiro atoms. The number of aromatic hydroxyl groups is 1. The number of nitrogens with one attached hydrogen (secondary N) is 1. The van der Waals surface area contributed by atoms with Gasteiger partial charge in [0.15, 0.2) is 0 Å². The molecule has 66 valence electrons. The second-order valence-corrected chi connectivity index (χ2v) is 2.85. The Morgan fingerprint density at radius 2 is 2.00 bits per heavy atom. The lowest BCUT2D eigenvalue weighted by Crippen LogP contribution is -2.29. The van der Waals surface area contributed by atoms with Gasteiger partial charge < -0.3 is 20.1 Å². The summed E-state index contributed by atoms with van der Waals surface area (Å²) < 4.78 is 0. The number of H-pyrrole nitrogens is 1. The van der Waals surface area contributed by atoms with Gasteiger partial charge in [-0.05, 0) is 17.5 Å². The van der Waals surface area contributed by atoms with Gasteiger partial charge in [0.25, 0.3) is 0 Å². The standard InChI is InChI=1S/C8H8BNO3/c11-8-4-7-5(1-2-10-7)3-6(8)9(12)13/h1-4,10-13H. The molecule has 0 fully saturated rings. The van der Waals surface area contributed by atoms with Crippen molar-refractivity contribution in [3.63, 3.8) is 0 Å². The molecule has 0 saturated carbocycles. The molecule has 1 heterocycles. The van der Waals surface area contributed by atoms with E-state index in [0.717, 1.165) is 10.9 Å². The molecule has 1 aromatic heterocycles. The molecular formula is C8H8BNO3. The number of fused-ring (bicyclic) bond motifs is 1. The zero-order valence-electron chi connectivity index (χ0n) is 6.73. The quantitative estimate of drug-likeness (QED) is 0.445. The number of aromatic amines is 1. The Kier molecular flexibility index (Phi) is 1.75. The first-order valence-corrected chi connectivity index (χ1v) is 3.84. The van der Waals surface area contributed by atoms with Crippen molar-refractivity contribution in [3.8, 4) is 5.75 Å². The molecule has 2 aromatic rings. The number of rotatable bonds is 1. The molecule has 0 atom stereocenters.